The zero-order valence-corrected chi connectivity index (χ0v) is 18.9. The maximum atomic E-state index is 12.9. The van der Waals surface area contributed by atoms with Crippen molar-refractivity contribution >= 4 is 39.7 Å². The maximum absolute atomic E-state index is 12.9. The number of carbonyl (C=O) groups excluding carboxylic acids is 1. The van der Waals surface area contributed by atoms with Crippen molar-refractivity contribution in [2.75, 3.05) is 0 Å². The van der Waals surface area contributed by atoms with Crippen molar-refractivity contribution in [3.63, 3.8) is 0 Å². The van der Waals surface area contributed by atoms with E-state index in [0.717, 1.165) is 40.6 Å². The molecule has 2 heterocycles. The molecule has 0 bridgehead atoms. The smallest absolute Gasteiger partial charge is 0.234 e. The van der Waals surface area contributed by atoms with Gasteiger partial charge in [-0.1, -0.05) is 74.1 Å². The number of para-hydroxylation sites is 1. The number of hydrogen-bond acceptors (Lipinski definition) is 5. The van der Waals surface area contributed by atoms with E-state index >= 15 is 0 Å². The lowest BCUT2D eigenvalue weighted by atomic mass is 10.1. The molecule has 2 aromatic heterocycles. The standard InChI is InChI=1S/C24H27N5OS/c1-4-15-29-19-14-10-9-13-18(19)21-22(29)26-24(28-27-21)31-20(5-2)23(30)25-16(3)17-11-7-6-8-12-17/h6-14,16,20H,4-5,15H2,1-3H3,(H,25,30)/t16-,20-/m1/s1. The molecule has 160 valence electrons. The Morgan fingerprint density at radius 2 is 1.81 bits per heavy atom. The Balaban J connectivity index is 1.58. The number of thioether (sulfide) groups is 1. The summed E-state index contributed by atoms with van der Waals surface area (Å²) in [6.45, 7) is 7.01. The van der Waals surface area contributed by atoms with E-state index in [-0.39, 0.29) is 17.2 Å². The van der Waals surface area contributed by atoms with E-state index in [1.807, 2.05) is 56.3 Å². The number of fused-ring (bicyclic) bond motifs is 3. The fourth-order valence-corrected chi connectivity index (χ4v) is 4.59. The molecule has 0 aliphatic carbocycles. The Morgan fingerprint density at radius 3 is 2.55 bits per heavy atom. The first-order valence-electron chi connectivity index (χ1n) is 10.8. The molecule has 0 saturated carbocycles. The van der Waals surface area contributed by atoms with E-state index in [1.165, 1.54) is 11.8 Å². The summed E-state index contributed by atoms with van der Waals surface area (Å²) < 4.78 is 2.20. The SMILES string of the molecule is CCCn1c2ccccc2c2nnc(S[C@H](CC)C(=O)N[C@H](C)c3ccccc3)nc21. The van der Waals surface area contributed by atoms with Gasteiger partial charge in [0.1, 0.15) is 5.52 Å². The van der Waals surface area contributed by atoms with Gasteiger partial charge < -0.3 is 9.88 Å². The molecular formula is C24H27N5OS. The van der Waals surface area contributed by atoms with Crippen molar-refractivity contribution in [1.29, 1.82) is 0 Å². The van der Waals surface area contributed by atoms with Gasteiger partial charge in [0.15, 0.2) is 5.65 Å². The molecule has 4 aromatic rings. The van der Waals surface area contributed by atoms with Crippen LogP contribution in [0.4, 0.5) is 0 Å². The van der Waals surface area contributed by atoms with Crippen molar-refractivity contribution < 1.29 is 4.79 Å². The van der Waals surface area contributed by atoms with Crippen molar-refractivity contribution in [1.82, 2.24) is 25.1 Å². The van der Waals surface area contributed by atoms with Crippen LogP contribution < -0.4 is 5.32 Å². The van der Waals surface area contributed by atoms with Crippen LogP contribution in [0.2, 0.25) is 0 Å². The zero-order valence-electron chi connectivity index (χ0n) is 18.1. The van der Waals surface area contributed by atoms with Crippen LogP contribution in [0.3, 0.4) is 0 Å². The predicted octanol–water partition coefficient (Wildman–Crippen LogP) is 5.14. The van der Waals surface area contributed by atoms with Gasteiger partial charge in [0.25, 0.3) is 0 Å². The third-order valence-electron chi connectivity index (χ3n) is 5.37. The van der Waals surface area contributed by atoms with Gasteiger partial charge >= 0.3 is 0 Å². The third kappa shape index (κ3) is 4.42. The summed E-state index contributed by atoms with van der Waals surface area (Å²) in [6.07, 6.45) is 1.68. The van der Waals surface area contributed by atoms with Crippen molar-refractivity contribution in [2.24, 2.45) is 0 Å². The van der Waals surface area contributed by atoms with Crippen LogP contribution in [-0.2, 0) is 11.3 Å². The molecule has 1 N–H and O–H groups in total. The largest absolute Gasteiger partial charge is 0.349 e. The fourth-order valence-electron chi connectivity index (χ4n) is 3.77. The quantitative estimate of drug-likeness (QED) is 0.390. The van der Waals surface area contributed by atoms with E-state index in [2.05, 4.69) is 39.1 Å². The lowest BCUT2D eigenvalue weighted by Crippen LogP contribution is -2.34. The molecule has 6 nitrogen and oxygen atoms in total. The van der Waals surface area contributed by atoms with Crippen LogP contribution in [0.25, 0.3) is 22.1 Å². The minimum absolute atomic E-state index is 0.0124. The van der Waals surface area contributed by atoms with Gasteiger partial charge in [-0.2, -0.15) is 0 Å². The normalized spacial score (nSPS) is 13.4. The number of nitrogens with zero attached hydrogens (tertiary/aromatic N) is 4. The van der Waals surface area contributed by atoms with Crippen LogP contribution >= 0.6 is 11.8 Å². The van der Waals surface area contributed by atoms with Gasteiger partial charge in [0, 0.05) is 11.9 Å². The highest BCUT2D eigenvalue weighted by molar-refractivity contribution is 8.00. The highest BCUT2D eigenvalue weighted by Gasteiger charge is 2.23. The van der Waals surface area contributed by atoms with Crippen LogP contribution in [0.15, 0.2) is 59.8 Å². The summed E-state index contributed by atoms with van der Waals surface area (Å²) in [7, 11) is 0. The van der Waals surface area contributed by atoms with E-state index in [0.29, 0.717) is 11.6 Å². The van der Waals surface area contributed by atoms with Crippen molar-refractivity contribution in [3.8, 4) is 0 Å². The molecule has 0 radical (unpaired) electrons. The van der Waals surface area contributed by atoms with Gasteiger partial charge in [0.2, 0.25) is 11.1 Å². The first-order chi connectivity index (χ1) is 15.1. The summed E-state index contributed by atoms with van der Waals surface area (Å²) in [5, 5.41) is 13.3. The predicted molar refractivity (Wildman–Crippen MR) is 126 cm³/mol. The highest BCUT2D eigenvalue weighted by atomic mass is 32.2. The summed E-state index contributed by atoms with van der Waals surface area (Å²) in [5.74, 6) is -0.0124. The second kappa shape index (κ2) is 9.47. The van der Waals surface area contributed by atoms with Gasteiger partial charge in [-0.15, -0.1) is 10.2 Å². The minimum atomic E-state index is -0.283. The third-order valence-corrected chi connectivity index (χ3v) is 6.59. The number of benzene rings is 2. The second-order valence-corrected chi connectivity index (χ2v) is 8.76. The van der Waals surface area contributed by atoms with E-state index in [1.54, 1.807) is 0 Å². The second-order valence-electron chi connectivity index (χ2n) is 7.59. The monoisotopic (exact) mass is 433 g/mol. The number of aryl methyl sites for hydroxylation is 1. The molecule has 0 aliphatic heterocycles. The topological polar surface area (TPSA) is 72.7 Å². The number of rotatable bonds is 8. The molecule has 0 unspecified atom stereocenters. The average Bonchev–Trinajstić information content (AvgIpc) is 3.11. The van der Waals surface area contributed by atoms with Gasteiger partial charge in [-0.3, -0.25) is 4.79 Å². The zero-order chi connectivity index (χ0) is 21.8. The number of nitrogens with one attached hydrogen (secondary N) is 1. The van der Waals surface area contributed by atoms with E-state index < -0.39 is 0 Å². The molecule has 0 saturated heterocycles. The molecule has 0 aliphatic rings. The maximum Gasteiger partial charge on any atom is 0.234 e. The molecule has 31 heavy (non-hydrogen) atoms. The molecule has 1 amide bonds. The average molecular weight is 434 g/mol. The van der Waals surface area contributed by atoms with E-state index in [4.69, 9.17) is 4.98 Å². The molecule has 0 fully saturated rings. The number of amides is 1. The first-order valence-corrected chi connectivity index (χ1v) is 11.6. The Kier molecular flexibility index (Phi) is 6.51. The molecule has 2 atom stereocenters. The van der Waals surface area contributed by atoms with Crippen molar-refractivity contribution in [2.45, 2.75) is 56.6 Å². The lowest BCUT2D eigenvalue weighted by Gasteiger charge is -2.18. The van der Waals surface area contributed by atoms with Crippen LogP contribution in [0.1, 0.15) is 45.2 Å². The summed E-state index contributed by atoms with van der Waals surface area (Å²) in [6, 6.07) is 18.1. The van der Waals surface area contributed by atoms with E-state index in [9.17, 15) is 4.79 Å². The Hall–Kier alpha value is -2.93. The highest BCUT2D eigenvalue weighted by Crippen LogP contribution is 2.29. The molecular weight excluding hydrogens is 406 g/mol. The van der Waals surface area contributed by atoms with Crippen LogP contribution in [-0.4, -0.2) is 30.9 Å². The first kappa shape index (κ1) is 21.3. The summed E-state index contributed by atoms with van der Waals surface area (Å²) >= 11 is 1.38. The number of aromatic nitrogens is 4. The Morgan fingerprint density at radius 1 is 1.06 bits per heavy atom. The van der Waals surface area contributed by atoms with Gasteiger partial charge in [-0.25, -0.2) is 4.98 Å². The molecule has 2 aromatic carbocycles. The van der Waals surface area contributed by atoms with Crippen molar-refractivity contribution in [3.05, 3.63) is 60.2 Å². The Labute approximate surface area is 186 Å². The summed E-state index contributed by atoms with van der Waals surface area (Å²) in [5.41, 5.74) is 3.83. The van der Waals surface area contributed by atoms with Gasteiger partial charge in [-0.05, 0) is 31.4 Å². The minimum Gasteiger partial charge on any atom is -0.349 e. The molecule has 4 rings (SSSR count). The molecule has 0 spiro atoms. The lowest BCUT2D eigenvalue weighted by molar-refractivity contribution is -0.121. The van der Waals surface area contributed by atoms with Crippen LogP contribution in [0, 0.1) is 0 Å². The summed E-state index contributed by atoms with van der Waals surface area (Å²) in [4.78, 5) is 17.7. The van der Waals surface area contributed by atoms with Crippen LogP contribution in [0.5, 0.6) is 0 Å². The fraction of sp³-hybridized carbons (Fsp3) is 0.333. The number of hydrogen-bond donors (Lipinski definition) is 1. The number of carbonyl (C=O) groups is 1. The van der Waals surface area contributed by atoms with Gasteiger partial charge in [0.05, 0.1) is 16.8 Å². The Bertz CT molecular complexity index is 1190. The molecule has 7 heteroatoms.